The number of aliphatic carboxylic acids is 1. The standard InChI is InChI=1S/C10H18N2O6S/c1-18-9(15)11-19(16,17)12-10(7-8(13)14)5-3-2-4-6-10/h12H,2-7H2,1H3,(H,11,15)(H,13,14). The van der Waals surface area contributed by atoms with Crippen molar-refractivity contribution in [2.75, 3.05) is 7.11 Å². The Hall–Kier alpha value is -1.35. The van der Waals surface area contributed by atoms with Crippen molar-refractivity contribution in [2.24, 2.45) is 0 Å². The first-order chi connectivity index (χ1) is 8.79. The molecule has 1 aliphatic rings. The average Bonchev–Trinajstić information content (AvgIpc) is 2.27. The molecule has 0 radical (unpaired) electrons. The first-order valence-corrected chi connectivity index (χ1v) is 7.38. The average molecular weight is 294 g/mol. The number of hydrogen-bond acceptors (Lipinski definition) is 5. The van der Waals surface area contributed by atoms with E-state index in [2.05, 4.69) is 9.46 Å². The van der Waals surface area contributed by atoms with Crippen LogP contribution in [0.3, 0.4) is 0 Å². The second kappa shape index (κ2) is 6.20. The highest BCUT2D eigenvalue weighted by atomic mass is 32.2. The van der Waals surface area contributed by atoms with Crippen molar-refractivity contribution in [1.82, 2.24) is 9.44 Å². The molecule has 0 aromatic carbocycles. The van der Waals surface area contributed by atoms with Crippen molar-refractivity contribution in [3.05, 3.63) is 0 Å². The number of nitrogens with one attached hydrogen (secondary N) is 2. The lowest BCUT2D eigenvalue weighted by Crippen LogP contribution is -2.55. The molecule has 1 saturated carbocycles. The molecule has 1 amide bonds. The summed E-state index contributed by atoms with van der Waals surface area (Å²) in [5.41, 5.74) is -1.04. The number of methoxy groups -OCH3 is 1. The van der Waals surface area contributed by atoms with Gasteiger partial charge in [0.05, 0.1) is 13.5 Å². The Morgan fingerprint density at radius 1 is 1.26 bits per heavy atom. The number of carbonyl (C=O) groups excluding carboxylic acids is 1. The van der Waals surface area contributed by atoms with Gasteiger partial charge < -0.3 is 9.84 Å². The van der Waals surface area contributed by atoms with E-state index in [-0.39, 0.29) is 6.42 Å². The molecule has 0 spiro atoms. The van der Waals surface area contributed by atoms with Gasteiger partial charge >= 0.3 is 22.3 Å². The number of hydrogen-bond donors (Lipinski definition) is 3. The van der Waals surface area contributed by atoms with E-state index >= 15 is 0 Å². The van der Waals surface area contributed by atoms with Crippen molar-refractivity contribution in [3.8, 4) is 0 Å². The lowest BCUT2D eigenvalue weighted by Gasteiger charge is -2.36. The first kappa shape index (κ1) is 15.7. The van der Waals surface area contributed by atoms with Crippen LogP contribution in [0.2, 0.25) is 0 Å². The highest BCUT2D eigenvalue weighted by Crippen LogP contribution is 2.31. The fraction of sp³-hybridized carbons (Fsp3) is 0.800. The molecule has 3 N–H and O–H groups in total. The topological polar surface area (TPSA) is 122 Å². The quantitative estimate of drug-likeness (QED) is 0.672. The summed E-state index contributed by atoms with van der Waals surface area (Å²) in [6.45, 7) is 0. The van der Waals surface area contributed by atoms with Gasteiger partial charge in [0.2, 0.25) is 0 Å². The molecule has 8 nitrogen and oxygen atoms in total. The third kappa shape index (κ3) is 5.03. The Labute approximate surface area is 111 Å². The minimum Gasteiger partial charge on any atom is -0.481 e. The van der Waals surface area contributed by atoms with Crippen LogP contribution in [-0.4, -0.2) is 38.2 Å². The Kier molecular flexibility index (Phi) is 5.12. The van der Waals surface area contributed by atoms with Gasteiger partial charge in [-0.2, -0.15) is 13.1 Å². The van der Waals surface area contributed by atoms with E-state index in [1.54, 1.807) is 4.72 Å². The van der Waals surface area contributed by atoms with Crippen LogP contribution in [0.4, 0.5) is 4.79 Å². The summed E-state index contributed by atoms with van der Waals surface area (Å²) in [5, 5.41) is 8.91. The molecule has 0 atom stereocenters. The zero-order valence-corrected chi connectivity index (χ0v) is 11.5. The van der Waals surface area contributed by atoms with Gasteiger partial charge in [0, 0.05) is 5.54 Å². The predicted molar refractivity (Wildman–Crippen MR) is 65.7 cm³/mol. The zero-order chi connectivity index (χ0) is 14.5. The van der Waals surface area contributed by atoms with E-state index in [9.17, 15) is 18.0 Å². The summed E-state index contributed by atoms with van der Waals surface area (Å²) >= 11 is 0. The highest BCUT2D eigenvalue weighted by molar-refractivity contribution is 7.88. The van der Waals surface area contributed by atoms with Crippen LogP contribution in [0.1, 0.15) is 38.5 Å². The SMILES string of the molecule is COC(=O)NS(=O)(=O)NC1(CC(=O)O)CCCCC1. The molecule has 0 aliphatic heterocycles. The van der Waals surface area contributed by atoms with Gasteiger partial charge in [0.1, 0.15) is 0 Å². The Morgan fingerprint density at radius 3 is 2.32 bits per heavy atom. The molecular formula is C10H18N2O6S. The van der Waals surface area contributed by atoms with Crippen molar-refractivity contribution in [2.45, 2.75) is 44.1 Å². The third-order valence-electron chi connectivity index (χ3n) is 3.05. The zero-order valence-electron chi connectivity index (χ0n) is 10.6. The lowest BCUT2D eigenvalue weighted by molar-refractivity contribution is -0.138. The van der Waals surface area contributed by atoms with Crippen LogP contribution >= 0.6 is 0 Å². The first-order valence-electron chi connectivity index (χ1n) is 5.90. The number of carbonyl (C=O) groups is 2. The summed E-state index contributed by atoms with van der Waals surface area (Å²) in [5.74, 6) is -1.08. The molecule has 1 fully saturated rings. The number of ether oxygens (including phenoxy) is 1. The molecule has 0 heterocycles. The molecule has 0 aromatic heterocycles. The summed E-state index contributed by atoms with van der Waals surface area (Å²) < 4.78 is 31.6. The molecule has 0 saturated heterocycles. The van der Waals surface area contributed by atoms with E-state index in [1.807, 2.05) is 0 Å². The van der Waals surface area contributed by atoms with E-state index in [0.29, 0.717) is 12.8 Å². The van der Waals surface area contributed by atoms with E-state index in [4.69, 9.17) is 5.11 Å². The molecule has 0 unspecified atom stereocenters. The van der Waals surface area contributed by atoms with Gasteiger partial charge in [0.25, 0.3) is 0 Å². The normalized spacial score (nSPS) is 18.6. The van der Waals surface area contributed by atoms with Gasteiger partial charge in [0.15, 0.2) is 0 Å². The monoisotopic (exact) mass is 294 g/mol. The summed E-state index contributed by atoms with van der Waals surface area (Å²) in [4.78, 5) is 21.8. The summed E-state index contributed by atoms with van der Waals surface area (Å²) in [6.07, 6.45) is 1.86. The second-order valence-corrected chi connectivity index (χ2v) is 6.03. The van der Waals surface area contributed by atoms with Crippen molar-refractivity contribution in [3.63, 3.8) is 0 Å². The molecule has 110 valence electrons. The number of carboxylic acids is 1. The molecule has 9 heteroatoms. The summed E-state index contributed by atoms with van der Waals surface area (Å²) in [7, 11) is -3.09. The van der Waals surface area contributed by atoms with Crippen molar-refractivity contribution < 1.29 is 27.9 Å². The number of carboxylic acid groups (broad SMARTS) is 1. The molecule has 0 bridgehead atoms. The predicted octanol–water partition coefficient (Wildman–Crippen LogP) is 0.354. The van der Waals surface area contributed by atoms with Crippen LogP contribution in [0.15, 0.2) is 0 Å². The molecule has 1 rings (SSSR count). The molecule has 19 heavy (non-hydrogen) atoms. The van der Waals surface area contributed by atoms with Gasteiger partial charge in [-0.3, -0.25) is 4.79 Å². The van der Waals surface area contributed by atoms with Crippen LogP contribution in [0, 0.1) is 0 Å². The third-order valence-corrected chi connectivity index (χ3v) is 4.19. The van der Waals surface area contributed by atoms with Gasteiger partial charge in [-0.15, -0.1) is 0 Å². The lowest BCUT2D eigenvalue weighted by atomic mass is 9.80. The van der Waals surface area contributed by atoms with Crippen molar-refractivity contribution >= 4 is 22.3 Å². The minimum absolute atomic E-state index is 0.310. The van der Waals surface area contributed by atoms with E-state index < -0.39 is 27.8 Å². The van der Waals surface area contributed by atoms with Crippen molar-refractivity contribution in [1.29, 1.82) is 0 Å². The Bertz CT molecular complexity index is 441. The highest BCUT2D eigenvalue weighted by Gasteiger charge is 2.38. The Balaban J connectivity index is 2.82. The summed E-state index contributed by atoms with van der Waals surface area (Å²) in [6, 6.07) is 0. The van der Waals surface area contributed by atoms with E-state index in [0.717, 1.165) is 26.4 Å². The fourth-order valence-corrected chi connectivity index (χ4v) is 3.50. The van der Waals surface area contributed by atoms with Gasteiger partial charge in [-0.1, -0.05) is 19.3 Å². The minimum atomic E-state index is -4.13. The number of amides is 1. The molecular weight excluding hydrogens is 276 g/mol. The van der Waals surface area contributed by atoms with Crippen LogP contribution in [0.25, 0.3) is 0 Å². The maximum Gasteiger partial charge on any atom is 0.421 e. The maximum absolute atomic E-state index is 11.7. The fourth-order valence-electron chi connectivity index (χ4n) is 2.29. The van der Waals surface area contributed by atoms with E-state index in [1.165, 1.54) is 0 Å². The van der Waals surface area contributed by atoms with Crippen LogP contribution in [0.5, 0.6) is 0 Å². The molecule has 1 aliphatic carbocycles. The second-order valence-electron chi connectivity index (χ2n) is 4.61. The largest absolute Gasteiger partial charge is 0.481 e. The maximum atomic E-state index is 11.7. The van der Waals surface area contributed by atoms with Crippen LogP contribution in [-0.2, 0) is 19.7 Å². The van der Waals surface area contributed by atoms with Gasteiger partial charge in [-0.05, 0) is 12.8 Å². The molecule has 0 aromatic rings. The van der Waals surface area contributed by atoms with Crippen LogP contribution < -0.4 is 9.44 Å². The smallest absolute Gasteiger partial charge is 0.421 e. The number of rotatable bonds is 5. The Morgan fingerprint density at radius 2 is 1.84 bits per heavy atom. The van der Waals surface area contributed by atoms with Gasteiger partial charge in [-0.25, -0.2) is 9.52 Å².